The van der Waals surface area contributed by atoms with E-state index in [9.17, 15) is 9.36 Å². The standard InChI is InChI=1S/C18H22N5O6P/c1-26-13-4-2-12(3-5-13)14-6-8-28-30(25,29-14)11-27-9-7-23-10-20-15-16(23)21-18(19)22-17(15)24/h2-5,10,14H,6-9,11H2,1H3,(H3,19,21,22,24). The molecule has 2 aromatic heterocycles. The van der Waals surface area contributed by atoms with Crippen LogP contribution in [0.4, 0.5) is 5.95 Å². The molecule has 12 heteroatoms. The second kappa shape index (κ2) is 8.57. The first-order valence-electron chi connectivity index (χ1n) is 9.32. The van der Waals surface area contributed by atoms with Gasteiger partial charge in [-0.15, -0.1) is 0 Å². The van der Waals surface area contributed by atoms with E-state index in [-0.39, 0.29) is 30.5 Å². The third-order valence-electron chi connectivity index (χ3n) is 4.66. The predicted molar refractivity (Wildman–Crippen MR) is 108 cm³/mol. The number of fused-ring (bicyclic) bond motifs is 1. The molecule has 11 nitrogen and oxygen atoms in total. The smallest absolute Gasteiger partial charge is 0.356 e. The molecule has 0 bridgehead atoms. The van der Waals surface area contributed by atoms with Crippen LogP contribution in [0.25, 0.3) is 11.2 Å². The van der Waals surface area contributed by atoms with Crippen LogP contribution < -0.4 is 16.0 Å². The van der Waals surface area contributed by atoms with Crippen LogP contribution in [0.2, 0.25) is 0 Å². The fourth-order valence-electron chi connectivity index (χ4n) is 3.16. The first kappa shape index (κ1) is 20.5. The minimum absolute atomic E-state index is 0.00758. The van der Waals surface area contributed by atoms with Crippen LogP contribution in [0.1, 0.15) is 18.1 Å². The highest BCUT2D eigenvalue weighted by Crippen LogP contribution is 2.55. The Morgan fingerprint density at radius 2 is 2.17 bits per heavy atom. The molecule has 1 aliphatic rings. The number of imidazole rings is 1. The maximum Gasteiger partial charge on any atom is 0.356 e. The minimum atomic E-state index is -3.39. The van der Waals surface area contributed by atoms with Gasteiger partial charge in [0.15, 0.2) is 11.2 Å². The molecule has 1 saturated heterocycles. The monoisotopic (exact) mass is 435 g/mol. The van der Waals surface area contributed by atoms with E-state index in [4.69, 9.17) is 24.3 Å². The Hall–Kier alpha value is -2.72. The summed E-state index contributed by atoms with van der Waals surface area (Å²) in [6, 6.07) is 7.42. The third-order valence-corrected chi connectivity index (χ3v) is 6.31. The number of nitrogens with zero attached hydrogens (tertiary/aromatic N) is 3. The van der Waals surface area contributed by atoms with Crippen LogP contribution in [0, 0.1) is 0 Å². The summed E-state index contributed by atoms with van der Waals surface area (Å²) < 4.78 is 36.4. The predicted octanol–water partition coefficient (Wildman–Crippen LogP) is 2.06. The van der Waals surface area contributed by atoms with Gasteiger partial charge in [0.1, 0.15) is 12.1 Å². The number of hydrogen-bond acceptors (Lipinski definition) is 9. The Labute approximate surface area is 171 Å². The fraction of sp³-hybridized carbons (Fsp3) is 0.389. The van der Waals surface area contributed by atoms with Crippen LogP contribution >= 0.6 is 7.60 Å². The number of aromatic nitrogens is 4. The van der Waals surface area contributed by atoms with Gasteiger partial charge < -0.3 is 24.3 Å². The lowest BCUT2D eigenvalue weighted by atomic mass is 10.1. The van der Waals surface area contributed by atoms with E-state index in [1.165, 1.54) is 6.33 Å². The number of benzene rings is 1. The fourth-order valence-corrected chi connectivity index (χ4v) is 4.71. The third kappa shape index (κ3) is 4.39. The quantitative estimate of drug-likeness (QED) is 0.421. The molecule has 3 heterocycles. The first-order chi connectivity index (χ1) is 14.5. The van der Waals surface area contributed by atoms with Gasteiger partial charge in [0, 0.05) is 13.0 Å². The number of rotatable bonds is 7. The van der Waals surface area contributed by atoms with Crippen LogP contribution in [0.5, 0.6) is 5.75 Å². The van der Waals surface area contributed by atoms with Gasteiger partial charge in [-0.05, 0) is 17.7 Å². The molecule has 3 aromatic rings. The van der Waals surface area contributed by atoms with Crippen molar-refractivity contribution in [2.75, 3.05) is 32.4 Å². The summed E-state index contributed by atoms with van der Waals surface area (Å²) in [5.41, 5.74) is 6.63. The molecule has 0 radical (unpaired) electrons. The van der Waals surface area contributed by atoms with Crippen molar-refractivity contribution in [1.29, 1.82) is 0 Å². The number of hydrogen-bond donors (Lipinski definition) is 2. The Bertz CT molecular complexity index is 1130. The van der Waals surface area contributed by atoms with E-state index in [1.807, 2.05) is 24.3 Å². The van der Waals surface area contributed by atoms with Gasteiger partial charge in [0.25, 0.3) is 5.56 Å². The number of aromatic amines is 1. The summed E-state index contributed by atoms with van der Waals surface area (Å²) in [7, 11) is -1.79. The highest BCUT2D eigenvalue weighted by Gasteiger charge is 2.34. The molecular weight excluding hydrogens is 413 g/mol. The summed E-state index contributed by atoms with van der Waals surface area (Å²) in [5.74, 6) is 0.746. The van der Waals surface area contributed by atoms with Gasteiger partial charge in [-0.25, -0.2) is 4.98 Å². The van der Waals surface area contributed by atoms with Gasteiger partial charge in [0.05, 0.1) is 32.8 Å². The van der Waals surface area contributed by atoms with E-state index in [1.54, 1.807) is 11.7 Å². The van der Waals surface area contributed by atoms with Gasteiger partial charge in [-0.3, -0.25) is 18.9 Å². The lowest BCUT2D eigenvalue weighted by molar-refractivity contribution is 0.0563. The number of H-pyrrole nitrogens is 1. The van der Waals surface area contributed by atoms with Crippen molar-refractivity contribution in [2.45, 2.75) is 19.1 Å². The normalized spacial score (nSPS) is 21.7. The summed E-state index contributed by atoms with van der Waals surface area (Å²) >= 11 is 0. The lowest BCUT2D eigenvalue weighted by Gasteiger charge is -2.29. The van der Waals surface area contributed by atoms with E-state index in [2.05, 4.69) is 15.0 Å². The highest BCUT2D eigenvalue weighted by atomic mass is 31.2. The minimum Gasteiger partial charge on any atom is -0.497 e. The van der Waals surface area contributed by atoms with Crippen LogP contribution in [0.15, 0.2) is 35.4 Å². The van der Waals surface area contributed by atoms with Crippen molar-refractivity contribution in [3.63, 3.8) is 0 Å². The van der Waals surface area contributed by atoms with E-state index >= 15 is 0 Å². The maximum absolute atomic E-state index is 12.9. The Kier molecular flexibility index (Phi) is 5.87. The van der Waals surface area contributed by atoms with Gasteiger partial charge in [0.2, 0.25) is 5.95 Å². The van der Waals surface area contributed by atoms with Crippen LogP contribution in [-0.2, 0) is 24.9 Å². The molecule has 0 saturated carbocycles. The molecular formula is C18H22N5O6P. The van der Waals surface area contributed by atoms with Crippen molar-refractivity contribution in [2.24, 2.45) is 0 Å². The molecule has 1 aromatic carbocycles. The summed E-state index contributed by atoms with van der Waals surface area (Å²) in [4.78, 5) is 22.3. The van der Waals surface area contributed by atoms with E-state index in [0.717, 1.165) is 11.3 Å². The number of methoxy groups -OCH3 is 1. The van der Waals surface area contributed by atoms with Gasteiger partial charge in [-0.1, -0.05) is 12.1 Å². The molecule has 3 N–H and O–H groups in total. The lowest BCUT2D eigenvalue weighted by Crippen LogP contribution is -2.17. The van der Waals surface area contributed by atoms with Crippen molar-refractivity contribution in [3.05, 3.63) is 46.5 Å². The molecule has 4 rings (SSSR count). The molecule has 0 aliphatic carbocycles. The number of anilines is 1. The zero-order valence-corrected chi connectivity index (χ0v) is 17.2. The number of nitrogens with one attached hydrogen (secondary N) is 1. The Balaban J connectivity index is 1.34. The average Bonchev–Trinajstić information content (AvgIpc) is 3.14. The Morgan fingerprint density at radius 1 is 1.37 bits per heavy atom. The molecule has 160 valence electrons. The molecule has 30 heavy (non-hydrogen) atoms. The number of nitrogens with two attached hydrogens (primary N) is 1. The maximum atomic E-state index is 12.9. The molecule has 2 atom stereocenters. The summed E-state index contributed by atoms with van der Waals surface area (Å²) in [6.45, 7) is 0.855. The first-order valence-corrected chi connectivity index (χ1v) is 11.0. The topological polar surface area (TPSA) is 144 Å². The van der Waals surface area contributed by atoms with Crippen molar-refractivity contribution < 1.29 is 23.1 Å². The molecule has 1 fully saturated rings. The average molecular weight is 435 g/mol. The van der Waals surface area contributed by atoms with Crippen LogP contribution in [-0.4, -0.2) is 46.2 Å². The van der Waals surface area contributed by atoms with Gasteiger partial charge >= 0.3 is 7.60 Å². The zero-order chi connectivity index (χ0) is 21.1. The summed E-state index contributed by atoms with van der Waals surface area (Å²) in [6.07, 6.45) is 1.56. The largest absolute Gasteiger partial charge is 0.497 e. The van der Waals surface area contributed by atoms with Crippen molar-refractivity contribution in [1.82, 2.24) is 19.5 Å². The number of ether oxygens (including phenoxy) is 2. The summed E-state index contributed by atoms with van der Waals surface area (Å²) in [5, 5.41) is 0. The molecule has 2 unspecified atom stereocenters. The van der Waals surface area contributed by atoms with Gasteiger partial charge in [-0.2, -0.15) is 4.98 Å². The highest BCUT2D eigenvalue weighted by molar-refractivity contribution is 7.53. The second-order valence-electron chi connectivity index (χ2n) is 6.70. The number of nitrogen functional groups attached to an aromatic ring is 1. The zero-order valence-electron chi connectivity index (χ0n) is 16.3. The molecule has 1 aliphatic heterocycles. The SMILES string of the molecule is COc1ccc(C2CCOP(=O)(COCCn3cnc4c(=O)[nH]c(N)nc43)O2)cc1. The second-order valence-corrected chi connectivity index (χ2v) is 8.65. The molecule has 0 spiro atoms. The Morgan fingerprint density at radius 3 is 2.93 bits per heavy atom. The van der Waals surface area contributed by atoms with E-state index in [0.29, 0.717) is 25.2 Å². The van der Waals surface area contributed by atoms with Crippen molar-refractivity contribution >= 4 is 24.7 Å². The van der Waals surface area contributed by atoms with Crippen molar-refractivity contribution in [3.8, 4) is 5.75 Å². The molecule has 0 amide bonds. The van der Waals surface area contributed by atoms with Crippen LogP contribution in [0.3, 0.4) is 0 Å². The van der Waals surface area contributed by atoms with E-state index < -0.39 is 13.2 Å².